The molecule has 1 atom stereocenters. The third kappa shape index (κ3) is 4.45. The second kappa shape index (κ2) is 7.79. The fourth-order valence-corrected chi connectivity index (χ4v) is 3.95. The van der Waals surface area contributed by atoms with Crippen LogP contribution in [0.3, 0.4) is 0 Å². The molecule has 6 nitrogen and oxygen atoms in total. The number of amides is 1. The number of carbonyl (C=O) groups is 2. The van der Waals surface area contributed by atoms with Gasteiger partial charge in [0.05, 0.1) is 13.7 Å². The molecular formula is C16H24N2O4S. The Morgan fingerprint density at radius 1 is 1.43 bits per heavy atom. The first-order valence-corrected chi connectivity index (χ1v) is 8.59. The summed E-state index contributed by atoms with van der Waals surface area (Å²) in [4.78, 5) is 29.0. The number of thiophene rings is 1. The van der Waals surface area contributed by atoms with E-state index in [1.807, 2.05) is 29.8 Å². The molecule has 1 aromatic heterocycles. The van der Waals surface area contributed by atoms with Gasteiger partial charge >= 0.3 is 5.97 Å². The second-order valence-corrected chi connectivity index (χ2v) is 7.20. The summed E-state index contributed by atoms with van der Waals surface area (Å²) in [5.41, 5.74) is 0. The van der Waals surface area contributed by atoms with Gasteiger partial charge in [0.15, 0.2) is 0 Å². The normalized spacial score (nSPS) is 18.8. The lowest BCUT2D eigenvalue weighted by atomic mass is 10.1. The van der Waals surface area contributed by atoms with Crippen molar-refractivity contribution >= 4 is 23.2 Å². The molecule has 1 amide bonds. The molecule has 2 heterocycles. The summed E-state index contributed by atoms with van der Waals surface area (Å²) in [6.07, 6.45) is 2.59. The van der Waals surface area contributed by atoms with Crippen LogP contribution in [0.2, 0.25) is 0 Å². The van der Waals surface area contributed by atoms with E-state index in [2.05, 4.69) is 0 Å². The van der Waals surface area contributed by atoms with Gasteiger partial charge in [-0.05, 0) is 39.3 Å². The maximum atomic E-state index is 12.7. The van der Waals surface area contributed by atoms with Gasteiger partial charge in [-0.15, -0.1) is 11.3 Å². The average molecular weight is 340 g/mol. The van der Waals surface area contributed by atoms with Crippen LogP contribution in [0, 0.1) is 6.92 Å². The SMILES string of the molecule is COc1cc(C)sc1C(=O)N1CCCC(N(C)CC(=O)O)CC1. The van der Waals surface area contributed by atoms with Gasteiger partial charge in [-0.25, -0.2) is 0 Å². The number of ether oxygens (including phenoxy) is 1. The van der Waals surface area contributed by atoms with Gasteiger partial charge in [0.25, 0.3) is 5.91 Å². The van der Waals surface area contributed by atoms with E-state index in [9.17, 15) is 9.59 Å². The predicted molar refractivity (Wildman–Crippen MR) is 89.4 cm³/mol. The van der Waals surface area contributed by atoms with Crippen LogP contribution in [-0.2, 0) is 4.79 Å². The van der Waals surface area contributed by atoms with Crippen molar-refractivity contribution < 1.29 is 19.4 Å². The molecule has 1 aromatic rings. The highest BCUT2D eigenvalue weighted by Crippen LogP contribution is 2.30. The molecule has 0 bridgehead atoms. The second-order valence-electron chi connectivity index (χ2n) is 5.94. The van der Waals surface area contributed by atoms with E-state index < -0.39 is 5.97 Å². The number of carboxylic acids is 1. The van der Waals surface area contributed by atoms with Crippen LogP contribution in [-0.4, -0.2) is 66.6 Å². The summed E-state index contributed by atoms with van der Waals surface area (Å²) in [5.74, 6) is -0.161. The first kappa shape index (κ1) is 17.7. The number of aliphatic carboxylic acids is 1. The lowest BCUT2D eigenvalue weighted by molar-refractivity contribution is -0.138. The van der Waals surface area contributed by atoms with Crippen molar-refractivity contribution in [1.29, 1.82) is 0 Å². The molecule has 2 rings (SSSR count). The van der Waals surface area contributed by atoms with Gasteiger partial charge in [-0.3, -0.25) is 14.5 Å². The standard InChI is InChI=1S/C16H24N2O4S/c1-11-9-13(22-3)15(23-11)16(21)18-7-4-5-12(6-8-18)17(2)10-14(19)20/h9,12H,4-8,10H2,1-3H3,(H,19,20). The molecule has 0 aliphatic carbocycles. The smallest absolute Gasteiger partial charge is 0.317 e. The number of carbonyl (C=O) groups excluding carboxylic acids is 1. The minimum absolute atomic E-state index is 0.0153. The van der Waals surface area contributed by atoms with Crippen LogP contribution in [0.5, 0.6) is 5.75 Å². The van der Waals surface area contributed by atoms with Crippen LogP contribution in [0.15, 0.2) is 6.07 Å². The Morgan fingerprint density at radius 2 is 2.17 bits per heavy atom. The third-order valence-electron chi connectivity index (χ3n) is 4.23. The number of likely N-dealkylation sites (tertiary alicyclic amines) is 1. The average Bonchev–Trinajstić information content (AvgIpc) is 2.71. The Balaban J connectivity index is 2.02. The number of methoxy groups -OCH3 is 1. The zero-order chi connectivity index (χ0) is 17.0. The maximum absolute atomic E-state index is 12.7. The summed E-state index contributed by atoms with van der Waals surface area (Å²) < 4.78 is 5.30. The summed E-state index contributed by atoms with van der Waals surface area (Å²) in [6, 6.07) is 2.09. The van der Waals surface area contributed by atoms with E-state index >= 15 is 0 Å². The van der Waals surface area contributed by atoms with E-state index in [4.69, 9.17) is 9.84 Å². The highest BCUT2D eigenvalue weighted by atomic mass is 32.1. The van der Waals surface area contributed by atoms with Gasteiger partial charge in [0.2, 0.25) is 0 Å². The number of likely N-dealkylation sites (N-methyl/N-ethyl adjacent to an activating group) is 1. The van der Waals surface area contributed by atoms with E-state index in [1.165, 1.54) is 11.3 Å². The van der Waals surface area contributed by atoms with Crippen LogP contribution in [0.4, 0.5) is 0 Å². The van der Waals surface area contributed by atoms with Gasteiger partial charge in [0.1, 0.15) is 10.6 Å². The van der Waals surface area contributed by atoms with E-state index in [0.717, 1.165) is 24.1 Å². The van der Waals surface area contributed by atoms with Crippen LogP contribution >= 0.6 is 11.3 Å². The molecule has 1 fully saturated rings. The lowest BCUT2D eigenvalue weighted by Gasteiger charge is -2.25. The molecule has 1 aliphatic rings. The van der Waals surface area contributed by atoms with Gasteiger partial charge in [-0.1, -0.05) is 0 Å². The summed E-state index contributed by atoms with van der Waals surface area (Å²) in [6.45, 7) is 3.35. The fraction of sp³-hybridized carbons (Fsp3) is 0.625. The van der Waals surface area contributed by atoms with Crippen molar-refractivity contribution in [3.63, 3.8) is 0 Å². The Hall–Kier alpha value is -1.60. The van der Waals surface area contributed by atoms with Gasteiger partial charge < -0.3 is 14.7 Å². The van der Waals surface area contributed by atoms with Crippen molar-refractivity contribution in [2.75, 3.05) is 33.8 Å². The minimum atomic E-state index is -0.816. The Morgan fingerprint density at radius 3 is 2.83 bits per heavy atom. The largest absolute Gasteiger partial charge is 0.495 e. The monoisotopic (exact) mass is 340 g/mol. The first-order chi connectivity index (χ1) is 10.9. The topological polar surface area (TPSA) is 70.1 Å². The molecule has 128 valence electrons. The number of carboxylic acid groups (broad SMARTS) is 1. The Kier molecular flexibility index (Phi) is 6.01. The fourth-order valence-electron chi connectivity index (χ4n) is 3.00. The number of nitrogens with zero attached hydrogens (tertiary/aromatic N) is 2. The van der Waals surface area contributed by atoms with E-state index in [1.54, 1.807) is 7.11 Å². The van der Waals surface area contributed by atoms with E-state index in [-0.39, 0.29) is 18.5 Å². The van der Waals surface area contributed by atoms with Crippen LogP contribution in [0.25, 0.3) is 0 Å². The zero-order valence-electron chi connectivity index (χ0n) is 13.9. The Labute approximate surface area is 140 Å². The molecule has 1 saturated heterocycles. The molecule has 0 radical (unpaired) electrons. The molecule has 23 heavy (non-hydrogen) atoms. The van der Waals surface area contributed by atoms with E-state index in [0.29, 0.717) is 23.7 Å². The van der Waals surface area contributed by atoms with Crippen molar-refractivity contribution in [3.05, 3.63) is 15.8 Å². The zero-order valence-corrected chi connectivity index (χ0v) is 14.7. The summed E-state index contributed by atoms with van der Waals surface area (Å²) in [7, 11) is 3.42. The predicted octanol–water partition coefficient (Wildman–Crippen LogP) is 2.08. The van der Waals surface area contributed by atoms with Crippen molar-refractivity contribution in [2.24, 2.45) is 0 Å². The highest BCUT2D eigenvalue weighted by molar-refractivity contribution is 7.14. The molecule has 7 heteroatoms. The molecular weight excluding hydrogens is 316 g/mol. The molecule has 1 unspecified atom stereocenters. The molecule has 0 aromatic carbocycles. The minimum Gasteiger partial charge on any atom is -0.495 e. The van der Waals surface area contributed by atoms with Crippen molar-refractivity contribution in [3.8, 4) is 5.75 Å². The number of hydrogen-bond donors (Lipinski definition) is 1. The van der Waals surface area contributed by atoms with Gasteiger partial charge in [-0.2, -0.15) is 0 Å². The van der Waals surface area contributed by atoms with Crippen LogP contribution in [0.1, 0.15) is 33.8 Å². The van der Waals surface area contributed by atoms with Gasteiger partial charge in [0, 0.05) is 24.0 Å². The number of aryl methyl sites for hydroxylation is 1. The summed E-state index contributed by atoms with van der Waals surface area (Å²) >= 11 is 1.46. The Bertz CT molecular complexity index is 572. The van der Waals surface area contributed by atoms with Crippen molar-refractivity contribution in [1.82, 2.24) is 9.80 Å². The maximum Gasteiger partial charge on any atom is 0.317 e. The van der Waals surface area contributed by atoms with Crippen molar-refractivity contribution in [2.45, 2.75) is 32.2 Å². The lowest BCUT2D eigenvalue weighted by Crippen LogP contribution is -2.37. The third-order valence-corrected chi connectivity index (χ3v) is 5.25. The molecule has 0 saturated carbocycles. The highest BCUT2D eigenvalue weighted by Gasteiger charge is 2.27. The quantitative estimate of drug-likeness (QED) is 0.889. The number of rotatable bonds is 5. The first-order valence-electron chi connectivity index (χ1n) is 7.78. The molecule has 1 aliphatic heterocycles. The molecule has 1 N–H and O–H groups in total. The summed E-state index contributed by atoms with van der Waals surface area (Å²) in [5, 5.41) is 8.92. The number of hydrogen-bond acceptors (Lipinski definition) is 5. The molecule has 0 spiro atoms. The van der Waals surface area contributed by atoms with Crippen LogP contribution < -0.4 is 4.74 Å².